The lowest BCUT2D eigenvalue weighted by Gasteiger charge is -2.25. The van der Waals surface area contributed by atoms with E-state index in [2.05, 4.69) is 10.3 Å². The Morgan fingerprint density at radius 3 is 2.55 bits per heavy atom. The van der Waals surface area contributed by atoms with E-state index in [1.165, 1.54) is 13.1 Å². The smallest absolute Gasteiger partial charge is 0.408 e. The van der Waals surface area contributed by atoms with Gasteiger partial charge in [-0.3, -0.25) is 0 Å². The molecule has 0 aromatic carbocycles. The third-order valence-electron chi connectivity index (χ3n) is 2.52. The molecule has 0 aliphatic carbocycles. The summed E-state index contributed by atoms with van der Waals surface area (Å²) >= 11 is 0. The van der Waals surface area contributed by atoms with Gasteiger partial charge in [0.25, 0.3) is 0 Å². The molecule has 0 aliphatic rings. The summed E-state index contributed by atoms with van der Waals surface area (Å²) in [4.78, 5) is 26.9. The van der Waals surface area contributed by atoms with Crippen LogP contribution in [-0.4, -0.2) is 39.9 Å². The van der Waals surface area contributed by atoms with Crippen LogP contribution in [0.15, 0.2) is 18.3 Å². The highest BCUT2D eigenvalue weighted by molar-refractivity contribution is 5.80. The monoisotopic (exact) mass is 311 g/mol. The summed E-state index contributed by atoms with van der Waals surface area (Å²) < 4.78 is 10.5. The van der Waals surface area contributed by atoms with Gasteiger partial charge in [0.05, 0.1) is 0 Å². The lowest BCUT2D eigenvalue weighted by atomic mass is 10.2. The summed E-state index contributed by atoms with van der Waals surface area (Å²) in [5.41, 5.74) is 4.90. The van der Waals surface area contributed by atoms with Crippen molar-refractivity contribution in [2.75, 3.05) is 5.73 Å². The van der Waals surface area contributed by atoms with Gasteiger partial charge < -0.3 is 25.6 Å². The van der Waals surface area contributed by atoms with E-state index >= 15 is 0 Å². The van der Waals surface area contributed by atoms with Crippen LogP contribution in [0.2, 0.25) is 0 Å². The van der Waals surface area contributed by atoms with Crippen molar-refractivity contribution >= 4 is 17.9 Å². The number of ether oxygens (including phenoxy) is 2. The lowest BCUT2D eigenvalue weighted by molar-refractivity contribution is -0.141. The van der Waals surface area contributed by atoms with Crippen LogP contribution in [0.5, 0.6) is 5.75 Å². The Bertz CT molecular complexity index is 542. The predicted molar refractivity (Wildman–Crippen MR) is 79.5 cm³/mol. The Balaban J connectivity index is 2.76. The van der Waals surface area contributed by atoms with Crippen molar-refractivity contribution < 1.29 is 24.2 Å². The molecule has 0 fully saturated rings. The first-order valence-corrected chi connectivity index (χ1v) is 6.69. The minimum Gasteiger partial charge on any atom is -0.484 e. The average Bonchev–Trinajstić information content (AvgIpc) is 2.36. The van der Waals surface area contributed by atoms with Gasteiger partial charge in [-0.2, -0.15) is 0 Å². The number of carboxylic acids is 1. The van der Waals surface area contributed by atoms with E-state index in [0.717, 1.165) is 0 Å². The molecule has 1 amide bonds. The first-order chi connectivity index (χ1) is 10.1. The number of nitrogens with two attached hydrogens (primary N) is 1. The van der Waals surface area contributed by atoms with E-state index in [9.17, 15) is 14.7 Å². The standard InChI is InChI=1S/C14H21N3O5/c1-8(21-9-6-5-7-16-11(9)15)10(12(18)19)17-13(20)22-14(2,3)4/h5-8,10H,1-4H3,(H2,15,16)(H,17,20)(H,18,19)/t8-,10-/m0/s1. The molecule has 0 unspecified atom stereocenters. The lowest BCUT2D eigenvalue weighted by Crippen LogP contribution is -2.51. The highest BCUT2D eigenvalue weighted by Crippen LogP contribution is 2.19. The van der Waals surface area contributed by atoms with Crippen LogP contribution in [0, 0.1) is 0 Å². The largest absolute Gasteiger partial charge is 0.484 e. The summed E-state index contributed by atoms with van der Waals surface area (Å²) in [7, 11) is 0. The number of aliphatic carboxylic acids is 1. The first-order valence-electron chi connectivity index (χ1n) is 6.69. The van der Waals surface area contributed by atoms with Crippen LogP contribution in [0.3, 0.4) is 0 Å². The van der Waals surface area contributed by atoms with Crippen LogP contribution in [0.25, 0.3) is 0 Å². The summed E-state index contributed by atoms with van der Waals surface area (Å²) in [5, 5.41) is 11.5. The molecule has 1 aromatic rings. The molecule has 0 spiro atoms. The molecule has 0 bridgehead atoms. The number of carbonyl (C=O) groups excluding carboxylic acids is 1. The molecule has 2 atom stereocenters. The maximum Gasteiger partial charge on any atom is 0.408 e. The summed E-state index contributed by atoms with van der Waals surface area (Å²) in [6.07, 6.45) is -0.230. The zero-order valence-corrected chi connectivity index (χ0v) is 13.0. The number of alkyl carbamates (subject to hydrolysis) is 1. The molecular weight excluding hydrogens is 290 g/mol. The van der Waals surface area contributed by atoms with Crippen molar-refractivity contribution in [3.05, 3.63) is 18.3 Å². The summed E-state index contributed by atoms with van der Waals surface area (Å²) in [6, 6.07) is 1.87. The number of rotatable bonds is 5. The van der Waals surface area contributed by atoms with Crippen LogP contribution in [0.4, 0.5) is 10.6 Å². The third-order valence-corrected chi connectivity index (χ3v) is 2.52. The minimum atomic E-state index is -1.30. The van der Waals surface area contributed by atoms with Gasteiger partial charge in [0.2, 0.25) is 0 Å². The second-order valence-corrected chi connectivity index (χ2v) is 5.67. The molecule has 0 saturated carbocycles. The normalized spacial score (nSPS) is 13.8. The predicted octanol–water partition coefficient (Wildman–Crippen LogP) is 1.41. The SMILES string of the molecule is C[C@H](Oc1cccnc1N)[C@H](NC(=O)OC(C)(C)C)C(=O)O. The summed E-state index contributed by atoms with van der Waals surface area (Å²) in [5.74, 6) is -0.871. The number of amides is 1. The molecule has 1 rings (SSSR count). The van der Waals surface area contributed by atoms with Crippen molar-refractivity contribution in [3.8, 4) is 5.75 Å². The number of pyridine rings is 1. The zero-order chi connectivity index (χ0) is 16.9. The van der Waals surface area contributed by atoms with Crippen LogP contribution >= 0.6 is 0 Å². The summed E-state index contributed by atoms with van der Waals surface area (Å²) in [6.45, 7) is 6.54. The molecule has 0 radical (unpaired) electrons. The molecule has 0 aliphatic heterocycles. The van der Waals surface area contributed by atoms with Gasteiger partial charge in [-0.25, -0.2) is 14.6 Å². The number of nitrogen functional groups attached to an aromatic ring is 1. The van der Waals surface area contributed by atoms with E-state index in [4.69, 9.17) is 15.2 Å². The number of carbonyl (C=O) groups is 2. The molecule has 0 saturated heterocycles. The van der Waals surface area contributed by atoms with Gasteiger partial charge in [-0.05, 0) is 39.8 Å². The van der Waals surface area contributed by atoms with Crippen molar-refractivity contribution in [3.63, 3.8) is 0 Å². The highest BCUT2D eigenvalue weighted by Gasteiger charge is 2.30. The molecule has 1 aromatic heterocycles. The number of nitrogens with one attached hydrogen (secondary N) is 1. The number of carboxylic acid groups (broad SMARTS) is 1. The van der Waals surface area contributed by atoms with E-state index < -0.39 is 29.8 Å². The maximum atomic E-state index is 11.7. The van der Waals surface area contributed by atoms with Gasteiger partial charge in [0.1, 0.15) is 11.7 Å². The first kappa shape index (κ1) is 17.5. The maximum absolute atomic E-state index is 11.7. The van der Waals surface area contributed by atoms with Crippen molar-refractivity contribution in [2.24, 2.45) is 0 Å². The fraction of sp³-hybridized carbons (Fsp3) is 0.500. The number of hydrogen-bond donors (Lipinski definition) is 3. The quantitative estimate of drug-likeness (QED) is 0.751. The zero-order valence-electron chi connectivity index (χ0n) is 13.0. The van der Waals surface area contributed by atoms with Crippen LogP contribution < -0.4 is 15.8 Å². The molecular formula is C14H21N3O5. The fourth-order valence-electron chi connectivity index (χ4n) is 1.59. The number of hydrogen-bond acceptors (Lipinski definition) is 6. The van der Waals surface area contributed by atoms with Crippen molar-refractivity contribution in [1.29, 1.82) is 0 Å². The molecule has 8 heteroatoms. The van der Waals surface area contributed by atoms with Gasteiger partial charge in [-0.1, -0.05) is 0 Å². The molecule has 122 valence electrons. The van der Waals surface area contributed by atoms with Gasteiger partial charge in [-0.15, -0.1) is 0 Å². The minimum absolute atomic E-state index is 0.135. The molecule has 8 nitrogen and oxygen atoms in total. The van der Waals surface area contributed by atoms with E-state index in [-0.39, 0.29) is 11.6 Å². The van der Waals surface area contributed by atoms with E-state index in [1.807, 2.05) is 0 Å². The van der Waals surface area contributed by atoms with Crippen LogP contribution in [-0.2, 0) is 9.53 Å². The third kappa shape index (κ3) is 5.47. The van der Waals surface area contributed by atoms with Gasteiger partial charge in [0, 0.05) is 6.20 Å². The fourth-order valence-corrected chi connectivity index (χ4v) is 1.59. The molecule has 22 heavy (non-hydrogen) atoms. The van der Waals surface area contributed by atoms with Gasteiger partial charge >= 0.3 is 12.1 Å². The number of anilines is 1. The van der Waals surface area contributed by atoms with Crippen LogP contribution in [0.1, 0.15) is 27.7 Å². The Kier molecular flexibility index (Phi) is 5.56. The second-order valence-electron chi connectivity index (χ2n) is 5.67. The Hall–Kier alpha value is -2.51. The van der Waals surface area contributed by atoms with E-state index in [0.29, 0.717) is 0 Å². The Morgan fingerprint density at radius 1 is 1.41 bits per heavy atom. The van der Waals surface area contributed by atoms with Crippen molar-refractivity contribution in [1.82, 2.24) is 10.3 Å². The topological polar surface area (TPSA) is 124 Å². The number of aromatic nitrogens is 1. The Labute approximate surface area is 128 Å². The van der Waals surface area contributed by atoms with Crippen molar-refractivity contribution in [2.45, 2.75) is 45.4 Å². The van der Waals surface area contributed by atoms with Gasteiger partial charge in [0.15, 0.2) is 17.6 Å². The molecule has 1 heterocycles. The second kappa shape index (κ2) is 6.97. The number of nitrogens with zero attached hydrogens (tertiary/aromatic N) is 1. The average molecular weight is 311 g/mol. The molecule has 4 N–H and O–H groups in total. The highest BCUT2D eigenvalue weighted by atomic mass is 16.6. The Morgan fingerprint density at radius 2 is 2.05 bits per heavy atom. The van der Waals surface area contributed by atoms with E-state index in [1.54, 1.807) is 32.9 Å².